The molecule has 0 atom stereocenters. The van der Waals surface area contributed by atoms with E-state index in [0.29, 0.717) is 0 Å². The summed E-state index contributed by atoms with van der Waals surface area (Å²) in [5, 5.41) is 34.5. The van der Waals surface area contributed by atoms with Crippen LogP contribution < -0.4 is 0 Å². The van der Waals surface area contributed by atoms with Crippen LogP contribution in [-0.2, 0) is 0 Å². The Kier molecular flexibility index (Phi) is 1.04. The van der Waals surface area contributed by atoms with Gasteiger partial charge in [0, 0.05) is 12.2 Å². The summed E-state index contributed by atoms with van der Waals surface area (Å²) in [6.45, 7) is 0. The Morgan fingerprint density at radius 1 is 0.889 bits per heavy atom. The second kappa shape index (κ2) is 1.44. The van der Waals surface area contributed by atoms with E-state index in [1.807, 2.05) is 0 Å². The molecule has 4 N–H and O–H groups in total. The largest absolute Gasteiger partial charge is 0.357 e. The molecule has 0 spiro atoms. The lowest BCUT2D eigenvalue weighted by molar-refractivity contribution is -0.303. The maximum atomic E-state index is 8.63. The first-order valence-electron chi connectivity index (χ1n) is 2.30. The molecule has 0 radical (unpaired) electrons. The second-order valence-corrected chi connectivity index (χ2v) is 1.91. The molecule has 0 unspecified atom stereocenters. The first-order chi connectivity index (χ1) is 3.96. The number of hydrogen-bond acceptors (Lipinski definition) is 4. The molecule has 0 saturated carbocycles. The average molecular weight is 130 g/mol. The van der Waals surface area contributed by atoms with Gasteiger partial charge in [0.2, 0.25) is 0 Å². The Bertz CT molecular complexity index is 167. The highest BCUT2D eigenvalue weighted by Gasteiger charge is 2.46. The molecule has 1 rings (SSSR count). The zero-order valence-corrected chi connectivity index (χ0v) is 4.44. The van der Waals surface area contributed by atoms with Gasteiger partial charge in [-0.2, -0.15) is 0 Å². The van der Waals surface area contributed by atoms with Gasteiger partial charge in [-0.3, -0.25) is 0 Å². The topological polar surface area (TPSA) is 80.9 Å². The van der Waals surface area contributed by atoms with Gasteiger partial charge in [0.25, 0.3) is 11.6 Å². The number of hydrogen-bond donors (Lipinski definition) is 4. The van der Waals surface area contributed by atoms with E-state index in [1.54, 1.807) is 0 Å². The van der Waals surface area contributed by atoms with Crippen molar-refractivity contribution in [3.8, 4) is 0 Å². The van der Waals surface area contributed by atoms with Crippen molar-refractivity contribution < 1.29 is 20.4 Å². The highest BCUT2D eigenvalue weighted by Crippen LogP contribution is 2.23. The molecule has 4 heteroatoms. The SMILES string of the molecule is OC1(O)C=C=CC1(O)O. The molecule has 0 aromatic rings. The van der Waals surface area contributed by atoms with E-state index in [2.05, 4.69) is 5.73 Å². The highest BCUT2D eigenvalue weighted by atomic mass is 16.6. The molecule has 1 aliphatic carbocycles. The third kappa shape index (κ3) is 0.790. The van der Waals surface area contributed by atoms with Gasteiger partial charge in [0.15, 0.2) is 0 Å². The maximum Gasteiger partial charge on any atom is 0.251 e. The first-order valence-corrected chi connectivity index (χ1v) is 2.30. The van der Waals surface area contributed by atoms with Gasteiger partial charge in [-0.15, -0.1) is 5.73 Å². The van der Waals surface area contributed by atoms with Crippen LogP contribution in [0.1, 0.15) is 0 Å². The third-order valence-corrected chi connectivity index (χ3v) is 1.11. The predicted molar refractivity (Wildman–Crippen MR) is 27.0 cm³/mol. The van der Waals surface area contributed by atoms with Crippen LogP contribution in [0.15, 0.2) is 17.9 Å². The average Bonchev–Trinajstić information content (AvgIpc) is 1.81. The fourth-order valence-corrected chi connectivity index (χ4v) is 0.487. The van der Waals surface area contributed by atoms with Crippen LogP contribution in [0.25, 0.3) is 0 Å². The molecule has 0 fully saturated rings. The van der Waals surface area contributed by atoms with Crippen molar-refractivity contribution in [1.82, 2.24) is 0 Å². The van der Waals surface area contributed by atoms with Crippen molar-refractivity contribution >= 4 is 0 Å². The Morgan fingerprint density at radius 2 is 1.22 bits per heavy atom. The lowest BCUT2D eigenvalue weighted by Crippen LogP contribution is -2.49. The van der Waals surface area contributed by atoms with E-state index in [4.69, 9.17) is 20.4 Å². The zero-order valence-electron chi connectivity index (χ0n) is 4.44. The van der Waals surface area contributed by atoms with Crippen LogP contribution >= 0.6 is 0 Å². The molecule has 0 aliphatic heterocycles. The zero-order chi connectivity index (χ0) is 7.12. The van der Waals surface area contributed by atoms with Crippen LogP contribution in [0.3, 0.4) is 0 Å². The minimum Gasteiger partial charge on any atom is -0.357 e. The van der Waals surface area contributed by atoms with Crippen molar-refractivity contribution in [3.63, 3.8) is 0 Å². The molecule has 0 aromatic heterocycles. The fraction of sp³-hybridized carbons (Fsp3) is 0.400. The molecule has 0 saturated heterocycles. The molecule has 4 nitrogen and oxygen atoms in total. The summed E-state index contributed by atoms with van der Waals surface area (Å²) in [6, 6.07) is 0. The molecular weight excluding hydrogens is 124 g/mol. The van der Waals surface area contributed by atoms with Crippen molar-refractivity contribution in [2.24, 2.45) is 0 Å². The molecular formula is C5H6O4. The Morgan fingerprint density at radius 3 is 1.33 bits per heavy atom. The third-order valence-electron chi connectivity index (χ3n) is 1.11. The van der Waals surface area contributed by atoms with Crippen LogP contribution in [-0.4, -0.2) is 32.0 Å². The van der Waals surface area contributed by atoms with Crippen LogP contribution in [0.5, 0.6) is 0 Å². The van der Waals surface area contributed by atoms with Gasteiger partial charge < -0.3 is 20.4 Å². The van der Waals surface area contributed by atoms with Gasteiger partial charge in [-0.1, -0.05) is 0 Å². The maximum absolute atomic E-state index is 8.63. The molecule has 0 bridgehead atoms. The number of rotatable bonds is 0. The van der Waals surface area contributed by atoms with Crippen molar-refractivity contribution in [2.45, 2.75) is 11.6 Å². The summed E-state index contributed by atoms with van der Waals surface area (Å²) in [4.78, 5) is 0. The van der Waals surface area contributed by atoms with Gasteiger partial charge in [-0.05, 0) is 0 Å². The minimum atomic E-state index is -2.59. The van der Waals surface area contributed by atoms with E-state index >= 15 is 0 Å². The second-order valence-electron chi connectivity index (χ2n) is 1.91. The molecule has 50 valence electrons. The lowest BCUT2D eigenvalue weighted by Gasteiger charge is -2.25. The molecule has 9 heavy (non-hydrogen) atoms. The van der Waals surface area contributed by atoms with Gasteiger partial charge in [-0.25, -0.2) is 0 Å². The minimum absolute atomic E-state index is 0.757. The summed E-state index contributed by atoms with van der Waals surface area (Å²) in [7, 11) is 0. The highest BCUT2D eigenvalue weighted by molar-refractivity contribution is 5.16. The smallest absolute Gasteiger partial charge is 0.251 e. The van der Waals surface area contributed by atoms with Gasteiger partial charge >= 0.3 is 0 Å². The first kappa shape index (κ1) is 6.48. The van der Waals surface area contributed by atoms with Crippen molar-refractivity contribution in [3.05, 3.63) is 17.9 Å². The molecule has 0 aromatic carbocycles. The lowest BCUT2D eigenvalue weighted by atomic mass is 10.1. The normalized spacial score (nSPS) is 27.1. The predicted octanol–water partition coefficient (Wildman–Crippen LogP) is -1.93. The van der Waals surface area contributed by atoms with Crippen molar-refractivity contribution in [2.75, 3.05) is 0 Å². The monoisotopic (exact) mass is 130 g/mol. The molecule has 0 amide bonds. The Labute approximate surface area is 51.0 Å². The molecule has 1 aliphatic rings. The fourth-order valence-electron chi connectivity index (χ4n) is 0.487. The summed E-state index contributed by atoms with van der Waals surface area (Å²) >= 11 is 0. The van der Waals surface area contributed by atoms with E-state index in [9.17, 15) is 0 Å². The van der Waals surface area contributed by atoms with Crippen LogP contribution in [0.4, 0.5) is 0 Å². The summed E-state index contributed by atoms with van der Waals surface area (Å²) in [5.41, 5.74) is 2.15. The number of aliphatic hydroxyl groups is 4. The van der Waals surface area contributed by atoms with E-state index in [-0.39, 0.29) is 0 Å². The summed E-state index contributed by atoms with van der Waals surface area (Å²) in [5.74, 6) is -5.18. The van der Waals surface area contributed by atoms with Gasteiger partial charge in [0.1, 0.15) is 0 Å². The van der Waals surface area contributed by atoms with E-state index in [1.165, 1.54) is 0 Å². The Hall–Kier alpha value is -0.640. The van der Waals surface area contributed by atoms with Gasteiger partial charge in [0.05, 0.1) is 0 Å². The quantitative estimate of drug-likeness (QED) is 0.227. The van der Waals surface area contributed by atoms with Crippen molar-refractivity contribution in [1.29, 1.82) is 0 Å². The summed E-state index contributed by atoms with van der Waals surface area (Å²) < 4.78 is 0. The van der Waals surface area contributed by atoms with Crippen LogP contribution in [0, 0.1) is 0 Å². The standard InChI is InChI=1S/C5H6O4/c6-4(7)2-1-3-5(4,8)9/h2-3,6-9H. The van der Waals surface area contributed by atoms with Crippen LogP contribution in [0.2, 0.25) is 0 Å². The van der Waals surface area contributed by atoms with E-state index in [0.717, 1.165) is 12.2 Å². The Balaban J connectivity index is 2.95. The molecule has 0 heterocycles. The van der Waals surface area contributed by atoms with E-state index < -0.39 is 11.6 Å². The summed E-state index contributed by atoms with van der Waals surface area (Å²) in [6.07, 6.45) is 1.51.